The lowest BCUT2D eigenvalue weighted by Crippen LogP contribution is -2.55. The van der Waals surface area contributed by atoms with Crippen molar-refractivity contribution in [2.45, 2.75) is 45.0 Å². The van der Waals surface area contributed by atoms with Gasteiger partial charge in [-0.3, -0.25) is 0 Å². The zero-order valence-electron chi connectivity index (χ0n) is 13.0. The van der Waals surface area contributed by atoms with Gasteiger partial charge >= 0.3 is 12.4 Å². The van der Waals surface area contributed by atoms with E-state index in [0.29, 0.717) is 12.0 Å². The Morgan fingerprint density at radius 1 is 0.957 bits per heavy atom. The highest BCUT2D eigenvalue weighted by atomic mass is 19.4. The van der Waals surface area contributed by atoms with Crippen molar-refractivity contribution in [3.63, 3.8) is 0 Å². The molecule has 0 fully saturated rings. The van der Waals surface area contributed by atoms with Crippen molar-refractivity contribution in [1.29, 1.82) is 0 Å². The first kappa shape index (κ1) is 19.3. The number of benzene rings is 1. The van der Waals surface area contributed by atoms with Gasteiger partial charge in [-0.25, -0.2) is 0 Å². The molecule has 0 heterocycles. The number of aryl methyl sites for hydroxylation is 1. The van der Waals surface area contributed by atoms with E-state index in [9.17, 15) is 26.3 Å². The van der Waals surface area contributed by atoms with Crippen molar-refractivity contribution in [1.82, 2.24) is 0 Å². The molecule has 0 aromatic heterocycles. The number of halogens is 6. The van der Waals surface area contributed by atoms with Crippen LogP contribution in [0.15, 0.2) is 48.1 Å². The molecule has 0 unspecified atom stereocenters. The highest BCUT2D eigenvalue weighted by Crippen LogP contribution is 2.56. The molecule has 0 bridgehead atoms. The largest absolute Gasteiger partial charge is 0.411 e. The lowest BCUT2D eigenvalue weighted by atomic mass is 9.72. The summed E-state index contributed by atoms with van der Waals surface area (Å²) in [5.41, 5.74) is -5.13. The second-order valence-corrected chi connectivity index (χ2v) is 5.17. The maximum atomic E-state index is 13.7. The summed E-state index contributed by atoms with van der Waals surface area (Å²) >= 11 is 0. The van der Waals surface area contributed by atoms with E-state index >= 15 is 0 Å². The van der Waals surface area contributed by atoms with Crippen LogP contribution in [0.4, 0.5) is 26.3 Å². The summed E-state index contributed by atoms with van der Waals surface area (Å²) in [7, 11) is 0. The molecule has 1 rings (SSSR count). The van der Waals surface area contributed by atoms with Crippen molar-refractivity contribution >= 4 is 0 Å². The van der Waals surface area contributed by atoms with Gasteiger partial charge in [-0.1, -0.05) is 55.0 Å². The lowest BCUT2D eigenvalue weighted by Gasteiger charge is -2.39. The fourth-order valence-electron chi connectivity index (χ4n) is 2.47. The average Bonchev–Trinajstić information content (AvgIpc) is 2.42. The Bertz CT molecular complexity index is 559. The molecule has 0 saturated carbocycles. The molecule has 0 saturated heterocycles. The van der Waals surface area contributed by atoms with Gasteiger partial charge in [0.1, 0.15) is 0 Å². The summed E-state index contributed by atoms with van der Waals surface area (Å²) in [6.07, 6.45) is -7.67. The van der Waals surface area contributed by atoms with E-state index in [2.05, 4.69) is 0 Å². The molecular formula is C17H18F6. The minimum Gasteiger partial charge on any atom is -0.169 e. The second-order valence-electron chi connectivity index (χ2n) is 5.17. The molecule has 0 N–H and O–H groups in total. The summed E-state index contributed by atoms with van der Waals surface area (Å²) in [6.45, 7) is 4.41. The summed E-state index contributed by atoms with van der Waals surface area (Å²) in [5.74, 6) is 0. The van der Waals surface area contributed by atoms with Crippen LogP contribution in [0, 0.1) is 6.92 Å². The highest BCUT2D eigenvalue weighted by molar-refractivity contribution is 5.46. The van der Waals surface area contributed by atoms with Crippen molar-refractivity contribution in [3.8, 4) is 0 Å². The number of alkyl halides is 6. The third-order valence-electron chi connectivity index (χ3n) is 3.61. The van der Waals surface area contributed by atoms with E-state index in [-0.39, 0.29) is 0 Å². The van der Waals surface area contributed by atoms with Crippen LogP contribution in [0.1, 0.15) is 31.4 Å². The first-order chi connectivity index (χ1) is 10.5. The van der Waals surface area contributed by atoms with Crippen LogP contribution in [0.25, 0.3) is 0 Å². The fourth-order valence-corrected chi connectivity index (χ4v) is 2.47. The first-order valence-corrected chi connectivity index (χ1v) is 7.06. The van der Waals surface area contributed by atoms with E-state index in [1.807, 2.05) is 0 Å². The molecule has 23 heavy (non-hydrogen) atoms. The van der Waals surface area contributed by atoms with Gasteiger partial charge in [0.05, 0.1) is 0 Å². The second kappa shape index (κ2) is 6.81. The Balaban J connectivity index is 3.83. The van der Waals surface area contributed by atoms with Crippen LogP contribution >= 0.6 is 0 Å². The van der Waals surface area contributed by atoms with Crippen molar-refractivity contribution in [2.75, 3.05) is 0 Å². The van der Waals surface area contributed by atoms with E-state index in [4.69, 9.17) is 0 Å². The number of hydrogen-bond acceptors (Lipinski definition) is 0. The Labute approximate surface area is 131 Å². The zero-order chi connectivity index (χ0) is 17.9. The van der Waals surface area contributed by atoms with Crippen molar-refractivity contribution in [3.05, 3.63) is 59.2 Å². The van der Waals surface area contributed by atoms with Crippen LogP contribution < -0.4 is 0 Å². The van der Waals surface area contributed by atoms with Crippen LogP contribution in [-0.4, -0.2) is 12.4 Å². The Morgan fingerprint density at radius 3 is 1.78 bits per heavy atom. The molecule has 1 aromatic rings. The Hall–Kier alpha value is -1.72. The molecule has 6 heteroatoms. The SMILES string of the molecule is C/C=C(\C=C/CC)C(c1ccc(C)cc1)(C(F)(F)F)C(F)(F)F. The van der Waals surface area contributed by atoms with E-state index in [1.54, 1.807) is 13.8 Å². The van der Waals surface area contributed by atoms with E-state index in [0.717, 1.165) is 24.3 Å². The minimum absolute atomic E-state index is 0.330. The van der Waals surface area contributed by atoms with Crippen molar-refractivity contribution in [2.24, 2.45) is 0 Å². The van der Waals surface area contributed by atoms with Crippen molar-refractivity contribution < 1.29 is 26.3 Å². The highest BCUT2D eigenvalue weighted by Gasteiger charge is 2.72. The van der Waals surface area contributed by atoms with Gasteiger partial charge in [-0.15, -0.1) is 0 Å². The smallest absolute Gasteiger partial charge is 0.169 e. The average molecular weight is 336 g/mol. The minimum atomic E-state index is -5.53. The molecular weight excluding hydrogens is 318 g/mol. The van der Waals surface area contributed by atoms with Crippen LogP contribution in [0.3, 0.4) is 0 Å². The third-order valence-corrected chi connectivity index (χ3v) is 3.61. The zero-order valence-corrected chi connectivity index (χ0v) is 13.0. The Kier molecular flexibility index (Phi) is 5.72. The predicted octanol–water partition coefficient (Wildman–Crippen LogP) is 6.27. The molecule has 0 atom stereocenters. The lowest BCUT2D eigenvalue weighted by molar-refractivity contribution is -0.289. The monoisotopic (exact) mass is 336 g/mol. The molecule has 0 nitrogen and oxygen atoms in total. The normalized spacial score (nSPS) is 14.6. The van der Waals surface area contributed by atoms with Crippen LogP contribution in [0.2, 0.25) is 0 Å². The van der Waals surface area contributed by atoms with Crippen LogP contribution in [0.5, 0.6) is 0 Å². The molecule has 0 amide bonds. The summed E-state index contributed by atoms with van der Waals surface area (Å²) in [4.78, 5) is 0. The summed E-state index contributed by atoms with van der Waals surface area (Å²) in [6, 6.07) is 4.27. The van der Waals surface area contributed by atoms with Gasteiger partial charge in [0, 0.05) is 0 Å². The molecule has 0 aliphatic carbocycles. The van der Waals surface area contributed by atoms with Gasteiger partial charge in [0.2, 0.25) is 5.41 Å². The van der Waals surface area contributed by atoms with Crippen LogP contribution in [-0.2, 0) is 5.41 Å². The van der Waals surface area contributed by atoms with Gasteiger partial charge in [-0.05, 0) is 31.4 Å². The predicted molar refractivity (Wildman–Crippen MR) is 78.2 cm³/mol. The number of allylic oxidation sites excluding steroid dienone is 4. The van der Waals surface area contributed by atoms with E-state index in [1.165, 1.54) is 25.1 Å². The van der Waals surface area contributed by atoms with Gasteiger partial charge in [-0.2, -0.15) is 26.3 Å². The standard InChI is InChI=1S/C17H18F6/c1-4-6-7-13(5-2)15(16(18,19)20,17(21,22)23)14-10-8-12(3)9-11-14/h5-11H,4H2,1-3H3/b7-6-,13-5+. The third kappa shape index (κ3) is 3.46. The maximum absolute atomic E-state index is 13.7. The van der Waals surface area contributed by atoms with Gasteiger partial charge < -0.3 is 0 Å². The number of rotatable bonds is 4. The van der Waals surface area contributed by atoms with E-state index < -0.39 is 28.9 Å². The molecule has 0 aliphatic rings. The Morgan fingerprint density at radius 2 is 1.43 bits per heavy atom. The molecule has 128 valence electrons. The quantitative estimate of drug-likeness (QED) is 0.449. The molecule has 0 spiro atoms. The number of hydrogen-bond donors (Lipinski definition) is 0. The molecule has 0 radical (unpaired) electrons. The fraction of sp³-hybridized carbons (Fsp3) is 0.412. The summed E-state index contributed by atoms with van der Waals surface area (Å²) < 4.78 is 82.4. The topological polar surface area (TPSA) is 0 Å². The van der Waals surface area contributed by atoms with Gasteiger partial charge in [0.15, 0.2) is 0 Å². The molecule has 1 aromatic carbocycles. The maximum Gasteiger partial charge on any atom is 0.411 e. The summed E-state index contributed by atoms with van der Waals surface area (Å²) in [5, 5.41) is 0. The molecule has 0 aliphatic heterocycles. The van der Waals surface area contributed by atoms with Gasteiger partial charge in [0.25, 0.3) is 0 Å². The first-order valence-electron chi connectivity index (χ1n) is 7.06.